The minimum atomic E-state index is -1.87. The molecule has 152 valence electrons. The fourth-order valence-electron chi connectivity index (χ4n) is 3.92. The van der Waals surface area contributed by atoms with Crippen LogP contribution in [0.1, 0.15) is 19.8 Å². The van der Waals surface area contributed by atoms with Crippen molar-refractivity contribution in [2.75, 3.05) is 21.3 Å². The van der Waals surface area contributed by atoms with E-state index in [0.717, 1.165) is 28.3 Å². The third kappa shape index (κ3) is 3.22. The van der Waals surface area contributed by atoms with Gasteiger partial charge in [0.2, 0.25) is 5.79 Å². The predicted molar refractivity (Wildman–Crippen MR) is 88.8 cm³/mol. The van der Waals surface area contributed by atoms with Gasteiger partial charge in [0.05, 0.1) is 45.8 Å². The Morgan fingerprint density at radius 2 is 1.79 bits per heavy atom. The second-order valence-corrected chi connectivity index (χ2v) is 6.66. The molecule has 0 N–H and O–H groups in total. The number of rotatable bonds is 5. The van der Waals surface area contributed by atoms with Crippen molar-refractivity contribution in [2.45, 2.75) is 31.7 Å². The van der Waals surface area contributed by atoms with Crippen LogP contribution in [-0.4, -0.2) is 57.1 Å². The molecule has 0 aromatic heterocycles. The Kier molecular flexibility index (Phi) is 5.80. The van der Waals surface area contributed by atoms with E-state index < -0.39 is 59.4 Å². The summed E-state index contributed by atoms with van der Waals surface area (Å²) in [7, 11) is 3.37. The molecule has 2 aliphatic heterocycles. The molecule has 0 saturated carbocycles. The van der Waals surface area contributed by atoms with Gasteiger partial charge in [0, 0.05) is 18.9 Å². The van der Waals surface area contributed by atoms with Crippen LogP contribution in [0.25, 0.3) is 0 Å². The van der Waals surface area contributed by atoms with Gasteiger partial charge in [-0.1, -0.05) is 6.58 Å². The SMILES string of the molecule is C=C1[C@H](C(=O)OC)[C@@H](C(=O)OC)[C@H]2O[C@@]1(OC(C)=O)C[C@]2(C#N)CC(=O)OC. The van der Waals surface area contributed by atoms with Crippen LogP contribution in [0.15, 0.2) is 12.2 Å². The van der Waals surface area contributed by atoms with Crippen molar-refractivity contribution in [3.63, 3.8) is 0 Å². The molecule has 10 nitrogen and oxygen atoms in total. The van der Waals surface area contributed by atoms with E-state index >= 15 is 0 Å². The fourth-order valence-corrected chi connectivity index (χ4v) is 3.92. The lowest BCUT2D eigenvalue weighted by Crippen LogP contribution is -2.53. The Hall–Kier alpha value is -2.93. The molecule has 2 heterocycles. The van der Waals surface area contributed by atoms with Crippen molar-refractivity contribution in [3.05, 3.63) is 12.2 Å². The topological polar surface area (TPSA) is 138 Å². The van der Waals surface area contributed by atoms with E-state index in [4.69, 9.17) is 18.9 Å². The predicted octanol–water partition coefficient (Wildman–Crippen LogP) is 0.256. The zero-order valence-electron chi connectivity index (χ0n) is 16.0. The van der Waals surface area contributed by atoms with Crippen molar-refractivity contribution in [3.8, 4) is 6.07 Å². The van der Waals surface area contributed by atoms with Crippen LogP contribution < -0.4 is 0 Å². The summed E-state index contributed by atoms with van der Waals surface area (Å²) in [4.78, 5) is 48.7. The summed E-state index contributed by atoms with van der Waals surface area (Å²) in [6, 6.07) is 2.00. The quantitative estimate of drug-likeness (QED) is 0.362. The second kappa shape index (κ2) is 7.59. The molecule has 0 unspecified atom stereocenters. The normalized spacial score (nSPS) is 33.4. The number of esters is 4. The zero-order chi connectivity index (χ0) is 21.3. The summed E-state index contributed by atoms with van der Waals surface area (Å²) in [6.45, 7) is 4.92. The highest BCUT2D eigenvalue weighted by Crippen LogP contribution is 2.59. The van der Waals surface area contributed by atoms with Crippen LogP contribution in [0.5, 0.6) is 0 Å². The Balaban J connectivity index is 2.70. The minimum absolute atomic E-state index is 0.0665. The average molecular weight is 395 g/mol. The van der Waals surface area contributed by atoms with Gasteiger partial charge in [-0.25, -0.2) is 0 Å². The smallest absolute Gasteiger partial charge is 0.314 e. The first-order valence-electron chi connectivity index (χ1n) is 8.31. The van der Waals surface area contributed by atoms with Crippen molar-refractivity contribution in [2.24, 2.45) is 17.3 Å². The number of hydrogen-bond acceptors (Lipinski definition) is 10. The molecule has 0 spiro atoms. The maximum atomic E-state index is 12.5. The number of ether oxygens (including phenoxy) is 5. The van der Waals surface area contributed by atoms with Gasteiger partial charge in [-0.05, 0) is 0 Å². The highest BCUT2D eigenvalue weighted by atomic mass is 16.7. The van der Waals surface area contributed by atoms with E-state index in [1.165, 1.54) is 0 Å². The third-order valence-electron chi connectivity index (χ3n) is 5.11. The molecule has 0 amide bonds. The molecular formula is C18H21NO9. The van der Waals surface area contributed by atoms with Crippen molar-refractivity contribution in [1.29, 1.82) is 5.26 Å². The number of fused-ring (bicyclic) bond motifs is 2. The Morgan fingerprint density at radius 1 is 1.18 bits per heavy atom. The molecule has 2 bridgehead atoms. The third-order valence-corrected chi connectivity index (χ3v) is 5.11. The highest BCUT2D eigenvalue weighted by molar-refractivity contribution is 5.86. The van der Waals surface area contributed by atoms with E-state index in [1.807, 2.05) is 6.07 Å². The number of nitriles is 1. The summed E-state index contributed by atoms with van der Waals surface area (Å²) in [6.07, 6.45) is -2.07. The molecule has 2 saturated heterocycles. The van der Waals surface area contributed by atoms with E-state index in [0.29, 0.717) is 0 Å². The van der Waals surface area contributed by atoms with Crippen molar-refractivity contribution in [1.82, 2.24) is 0 Å². The maximum absolute atomic E-state index is 12.5. The van der Waals surface area contributed by atoms with Crippen molar-refractivity contribution < 1.29 is 42.9 Å². The Bertz CT molecular complexity index is 770. The van der Waals surface area contributed by atoms with E-state index in [-0.39, 0.29) is 12.0 Å². The van der Waals surface area contributed by atoms with Crippen LogP contribution in [0.3, 0.4) is 0 Å². The van der Waals surface area contributed by atoms with Crippen LogP contribution >= 0.6 is 0 Å². The second-order valence-electron chi connectivity index (χ2n) is 6.66. The highest BCUT2D eigenvalue weighted by Gasteiger charge is 2.71. The molecule has 28 heavy (non-hydrogen) atoms. The largest absolute Gasteiger partial charge is 0.469 e. The molecule has 2 aliphatic rings. The van der Waals surface area contributed by atoms with E-state index in [9.17, 15) is 24.4 Å². The lowest BCUT2D eigenvalue weighted by molar-refractivity contribution is -0.234. The van der Waals surface area contributed by atoms with Gasteiger partial charge in [-0.2, -0.15) is 5.26 Å². The minimum Gasteiger partial charge on any atom is -0.469 e. The molecule has 10 heteroatoms. The molecular weight excluding hydrogens is 374 g/mol. The molecule has 0 aromatic carbocycles. The summed E-state index contributed by atoms with van der Waals surface area (Å²) >= 11 is 0. The summed E-state index contributed by atoms with van der Waals surface area (Å²) < 4.78 is 25.4. The molecule has 0 aliphatic carbocycles. The summed E-state index contributed by atoms with van der Waals surface area (Å²) in [5.74, 6) is -7.69. The Labute approximate surface area is 161 Å². The maximum Gasteiger partial charge on any atom is 0.314 e. The zero-order valence-corrected chi connectivity index (χ0v) is 16.0. The van der Waals surface area contributed by atoms with Crippen LogP contribution in [0, 0.1) is 28.6 Å². The van der Waals surface area contributed by atoms with Gasteiger partial charge in [-0.15, -0.1) is 0 Å². The first-order valence-corrected chi connectivity index (χ1v) is 8.31. The van der Waals surface area contributed by atoms with Crippen LogP contribution in [0.4, 0.5) is 0 Å². The van der Waals surface area contributed by atoms with Gasteiger partial charge in [-0.3, -0.25) is 19.2 Å². The number of nitrogens with zero attached hydrogens (tertiary/aromatic N) is 1. The van der Waals surface area contributed by atoms with Crippen LogP contribution in [0.2, 0.25) is 0 Å². The van der Waals surface area contributed by atoms with E-state index in [2.05, 4.69) is 11.3 Å². The molecule has 2 rings (SSSR count). The van der Waals surface area contributed by atoms with E-state index in [1.54, 1.807) is 0 Å². The first-order chi connectivity index (χ1) is 13.1. The van der Waals surface area contributed by atoms with Gasteiger partial charge >= 0.3 is 23.9 Å². The standard InChI is InChI=1S/C18H21NO9/c1-9-12(15(22)25-4)13(16(23)26-5)14-17(8-19,6-11(21)24-3)7-18(9,28-14)27-10(2)20/h12-14H,1,6-7H2,2-5H3/t12-,13+,14+,17-,18-/m0/s1. The molecule has 0 aromatic rings. The van der Waals surface area contributed by atoms with Gasteiger partial charge in [0.1, 0.15) is 11.3 Å². The van der Waals surface area contributed by atoms with Gasteiger partial charge < -0.3 is 23.7 Å². The van der Waals surface area contributed by atoms with Crippen molar-refractivity contribution >= 4 is 23.9 Å². The summed E-state index contributed by atoms with van der Waals surface area (Å²) in [5.41, 5.74) is -1.70. The van der Waals surface area contributed by atoms with Crippen LogP contribution in [-0.2, 0) is 42.9 Å². The average Bonchev–Trinajstić information content (AvgIpc) is 2.94. The molecule has 5 atom stereocenters. The fraction of sp³-hybridized carbons (Fsp3) is 0.611. The number of hydrogen-bond donors (Lipinski definition) is 0. The monoisotopic (exact) mass is 395 g/mol. The first kappa shape index (κ1) is 21.4. The Morgan fingerprint density at radius 3 is 2.25 bits per heavy atom. The number of methoxy groups -OCH3 is 3. The number of carbonyl (C=O) groups excluding carboxylic acids is 4. The number of carbonyl (C=O) groups is 4. The molecule has 2 fully saturated rings. The summed E-state index contributed by atoms with van der Waals surface area (Å²) in [5, 5.41) is 9.92. The van der Waals surface area contributed by atoms with Gasteiger partial charge in [0.25, 0.3) is 0 Å². The lowest BCUT2D eigenvalue weighted by Gasteiger charge is -2.41. The van der Waals surface area contributed by atoms with Gasteiger partial charge in [0.15, 0.2) is 0 Å². The molecule has 0 radical (unpaired) electrons. The lowest BCUT2D eigenvalue weighted by atomic mass is 9.72.